The minimum atomic E-state index is -5.97. The molecule has 418 valence electrons. The third kappa shape index (κ3) is 18.6. The summed E-state index contributed by atoms with van der Waals surface area (Å²) in [6.45, 7) is 2.92. The van der Waals surface area contributed by atoms with E-state index in [1.807, 2.05) is 4.98 Å². The van der Waals surface area contributed by atoms with Crippen LogP contribution in [0.2, 0.25) is 0 Å². The molecule has 2 aliphatic rings. The number of aliphatic carboxylic acids is 3. The first kappa shape index (κ1) is 62.7. The van der Waals surface area contributed by atoms with E-state index in [0.717, 1.165) is 40.0 Å². The number of ether oxygens (including phenoxy) is 3. The van der Waals surface area contributed by atoms with Gasteiger partial charge in [-0.05, 0) is 46.5 Å². The molecule has 1 aromatic rings. The lowest BCUT2D eigenvalue weighted by atomic mass is 10.0. The van der Waals surface area contributed by atoms with Crippen LogP contribution in [0, 0.1) is 0 Å². The van der Waals surface area contributed by atoms with Crippen LogP contribution in [0.5, 0.6) is 0 Å². The van der Waals surface area contributed by atoms with E-state index in [1.165, 1.54) is 0 Å². The van der Waals surface area contributed by atoms with Crippen molar-refractivity contribution < 1.29 is 121 Å². The van der Waals surface area contributed by atoms with Crippen LogP contribution < -0.4 is 43.6 Å². The second-order valence-corrected chi connectivity index (χ2v) is 19.6. The second-order valence-electron chi connectivity index (χ2n) is 16.6. The maximum Gasteiger partial charge on any atom is 0.483 e. The highest BCUT2D eigenvalue weighted by Crippen LogP contribution is 2.61. The van der Waals surface area contributed by atoms with E-state index in [1.54, 1.807) is 0 Å². The molecule has 0 spiro atoms. The van der Waals surface area contributed by atoms with Gasteiger partial charge < -0.3 is 92.1 Å². The van der Waals surface area contributed by atoms with Gasteiger partial charge in [0.05, 0.1) is 6.61 Å². The Balaban J connectivity index is 1.63. The number of hydrogen-bond donors (Lipinski definition) is 16. The third-order valence-electron chi connectivity index (χ3n) is 10.7. The number of amides is 5. The lowest BCUT2D eigenvalue weighted by Crippen LogP contribution is -2.65. The monoisotopic (exact) mass is 1110 g/mol. The Labute approximate surface area is 416 Å². The van der Waals surface area contributed by atoms with Crippen LogP contribution in [0.25, 0.3) is 0 Å². The maximum atomic E-state index is 13.2. The van der Waals surface area contributed by atoms with Crippen molar-refractivity contribution in [2.24, 2.45) is 5.73 Å². The predicted molar refractivity (Wildman–Crippen MR) is 237 cm³/mol. The SMILES string of the molecule is CC(=O)NC1C(OP(=O)(O)OP(=O)(O)OCC2OC(n3ccc(=O)[nH]c3=O)C(O)C2O)OC(O)C(O)C1OC(C)C(=O)NC(C)C(=O)NC(CCC(=O)NC(CCCC(N)C(=O)O)C(=O)NC(C)C(=O)O)C(=O)O. The first-order chi connectivity index (χ1) is 34.2. The van der Waals surface area contributed by atoms with Crippen molar-refractivity contribution in [3.63, 3.8) is 0 Å². The number of phosphoric ester groups is 2. The zero-order valence-electron chi connectivity index (χ0n) is 39.3. The number of rotatable bonds is 28. The van der Waals surface area contributed by atoms with E-state index in [-0.39, 0.29) is 19.3 Å². The summed E-state index contributed by atoms with van der Waals surface area (Å²) in [6, 6.07) is -8.65. The lowest BCUT2D eigenvalue weighted by Gasteiger charge is -2.43. The summed E-state index contributed by atoms with van der Waals surface area (Å²) in [7, 11) is -11.8. The van der Waals surface area contributed by atoms with Crippen molar-refractivity contribution in [3.8, 4) is 0 Å². The molecule has 0 aromatic carbocycles. The number of aromatic amines is 1. The summed E-state index contributed by atoms with van der Waals surface area (Å²) < 4.78 is 56.1. The molecule has 3 rings (SSSR count). The van der Waals surface area contributed by atoms with Crippen LogP contribution in [-0.2, 0) is 75.1 Å². The van der Waals surface area contributed by atoms with Gasteiger partial charge in [-0.25, -0.2) is 18.7 Å². The molecule has 1 aromatic heterocycles. The van der Waals surface area contributed by atoms with Crippen molar-refractivity contribution in [2.45, 2.75) is 151 Å². The molecule has 0 aliphatic carbocycles. The summed E-state index contributed by atoms with van der Waals surface area (Å²) in [6.07, 6.45) is -18.9. The first-order valence-electron chi connectivity index (χ1n) is 21.9. The normalized spacial score (nSPS) is 26.8. The summed E-state index contributed by atoms with van der Waals surface area (Å²) in [4.78, 5) is 145. The predicted octanol–water partition coefficient (Wildman–Crippen LogP) is -6.77. The Morgan fingerprint density at radius 2 is 1.42 bits per heavy atom. The fraction of sp³-hybridized carbons (Fsp3) is 0.676. The Morgan fingerprint density at radius 3 is 2.00 bits per heavy atom. The molecule has 17 atom stereocenters. The molecular weight excluding hydrogens is 1050 g/mol. The fourth-order valence-corrected chi connectivity index (χ4v) is 8.93. The van der Waals surface area contributed by atoms with Gasteiger partial charge in [-0.3, -0.25) is 57.0 Å². The molecule has 0 radical (unpaired) electrons. The minimum Gasteiger partial charge on any atom is -0.480 e. The van der Waals surface area contributed by atoms with Crippen LogP contribution >= 0.6 is 15.6 Å². The second kappa shape index (κ2) is 27.3. The molecule has 37 heteroatoms. The van der Waals surface area contributed by atoms with Gasteiger partial charge in [0, 0.05) is 25.6 Å². The van der Waals surface area contributed by atoms with Gasteiger partial charge in [-0.15, -0.1) is 0 Å². The Bertz CT molecular complexity index is 2430. The average molecular weight is 1110 g/mol. The zero-order valence-corrected chi connectivity index (χ0v) is 41.1. The number of nitrogens with zero attached hydrogens (tertiary/aromatic N) is 1. The molecule has 17 N–H and O–H groups in total. The van der Waals surface area contributed by atoms with Crippen molar-refractivity contribution in [3.05, 3.63) is 33.1 Å². The van der Waals surface area contributed by atoms with E-state index >= 15 is 0 Å². The summed E-state index contributed by atoms with van der Waals surface area (Å²) in [5, 5.41) is 80.9. The highest BCUT2D eigenvalue weighted by atomic mass is 31.3. The Kier molecular flexibility index (Phi) is 23.1. The van der Waals surface area contributed by atoms with Crippen molar-refractivity contribution in [2.75, 3.05) is 6.61 Å². The van der Waals surface area contributed by atoms with Gasteiger partial charge in [0.1, 0.15) is 72.9 Å². The lowest BCUT2D eigenvalue weighted by molar-refractivity contribution is -0.307. The number of aromatic nitrogens is 2. The number of aliphatic hydroxyl groups excluding tert-OH is 4. The molecule has 2 saturated heterocycles. The van der Waals surface area contributed by atoms with Crippen LogP contribution in [-0.4, -0.2) is 195 Å². The van der Waals surface area contributed by atoms with Crippen LogP contribution in [0.1, 0.15) is 66.0 Å². The van der Waals surface area contributed by atoms with Crippen LogP contribution in [0.15, 0.2) is 21.9 Å². The molecule has 5 amide bonds. The van der Waals surface area contributed by atoms with Gasteiger partial charge in [-0.1, -0.05) is 0 Å². The number of carboxylic acid groups (broad SMARTS) is 3. The van der Waals surface area contributed by atoms with E-state index in [9.17, 15) is 92.4 Å². The molecule has 0 bridgehead atoms. The zero-order chi connectivity index (χ0) is 56.2. The van der Waals surface area contributed by atoms with Gasteiger partial charge in [-0.2, -0.15) is 4.31 Å². The van der Waals surface area contributed by atoms with Crippen molar-refractivity contribution in [1.82, 2.24) is 36.1 Å². The quantitative estimate of drug-likeness (QED) is 0.0347. The third-order valence-corrected chi connectivity index (χ3v) is 13.3. The first-order valence-corrected chi connectivity index (χ1v) is 24.8. The van der Waals surface area contributed by atoms with Crippen molar-refractivity contribution >= 4 is 63.1 Å². The number of carboxylic acids is 3. The minimum absolute atomic E-state index is 0.0230. The number of nitrogens with one attached hydrogen (secondary N) is 6. The number of hydrogen-bond acceptors (Lipinski definition) is 23. The van der Waals surface area contributed by atoms with Gasteiger partial charge in [0.25, 0.3) is 5.56 Å². The van der Waals surface area contributed by atoms with Crippen LogP contribution in [0.4, 0.5) is 0 Å². The standard InChI is InChI=1S/C37H58N8O27P2/c1-13(28(52)43-19(34(59)60)8-9-21(47)42-18(7-5-6-17(38)33(57)58)30(54)40-14(2)32(55)56)39-29(53)15(3)68-27-23(41-16(4)46)36(70-35(61)26(27)51)71-74(65,66)72-73(63,64)67-12-20-24(49)25(50)31(69-20)45-11-10-22(48)44-37(45)62/h10-11,13-15,17-20,23-27,31,35-36,49-51,61H,5-9,12,38H2,1-4H3,(H,39,53)(H,40,54)(H,41,46)(H,42,47)(H,43,52)(H,55,56)(H,57,58)(H,59,60)(H,63,64)(H,65,66)(H,44,48,62). The number of nitrogens with two attached hydrogens (primary N) is 1. The Morgan fingerprint density at radius 1 is 0.784 bits per heavy atom. The Hall–Kier alpha value is -5.62. The average Bonchev–Trinajstić information content (AvgIpc) is 3.57. The molecule has 35 nitrogen and oxygen atoms in total. The topological polar surface area (TPSA) is 549 Å². The molecular formula is C37H58N8O27P2. The van der Waals surface area contributed by atoms with Gasteiger partial charge in [0.2, 0.25) is 29.5 Å². The van der Waals surface area contributed by atoms with Crippen LogP contribution in [0.3, 0.4) is 0 Å². The van der Waals surface area contributed by atoms with Crippen molar-refractivity contribution in [1.29, 1.82) is 0 Å². The number of phosphoric acid groups is 2. The number of carbonyl (C=O) groups is 8. The molecule has 2 aliphatic heterocycles. The molecule has 3 heterocycles. The van der Waals surface area contributed by atoms with E-state index in [4.69, 9.17) is 34.7 Å². The number of aliphatic hydroxyl groups is 4. The highest BCUT2D eigenvalue weighted by molar-refractivity contribution is 7.61. The van der Waals surface area contributed by atoms with Gasteiger partial charge >= 0.3 is 39.2 Å². The van der Waals surface area contributed by atoms with Gasteiger partial charge in [0.15, 0.2) is 18.8 Å². The fourth-order valence-electron chi connectivity index (χ4n) is 6.77. The smallest absolute Gasteiger partial charge is 0.480 e. The molecule has 74 heavy (non-hydrogen) atoms. The molecule has 2 fully saturated rings. The summed E-state index contributed by atoms with van der Waals surface area (Å²) >= 11 is 0. The van der Waals surface area contributed by atoms with E-state index in [0.29, 0.717) is 4.57 Å². The molecule has 0 saturated carbocycles. The highest BCUT2D eigenvalue weighted by Gasteiger charge is 2.52. The van der Waals surface area contributed by atoms with E-state index in [2.05, 4.69) is 35.4 Å². The largest absolute Gasteiger partial charge is 0.483 e. The summed E-state index contributed by atoms with van der Waals surface area (Å²) in [5.74, 6) is -9.66. The summed E-state index contributed by atoms with van der Waals surface area (Å²) in [5.41, 5.74) is 3.58. The number of carbonyl (C=O) groups excluding carboxylic acids is 5. The molecule has 17 unspecified atom stereocenters. The van der Waals surface area contributed by atoms with E-state index < -0.39 is 185 Å². The maximum absolute atomic E-state index is 13.2. The number of H-pyrrole nitrogens is 1.